The zero-order valence-electron chi connectivity index (χ0n) is 14.0. The van der Waals surface area contributed by atoms with Crippen LogP contribution in [0, 0.1) is 0 Å². The second-order valence-corrected chi connectivity index (χ2v) is 5.92. The number of rotatable bonds is 6. The van der Waals surface area contributed by atoms with Crippen LogP contribution in [-0.2, 0) is 11.2 Å². The van der Waals surface area contributed by atoms with Crippen LogP contribution in [0.4, 0.5) is 0 Å². The summed E-state index contributed by atoms with van der Waals surface area (Å²) in [6.07, 6.45) is 4.27. The molecule has 3 nitrogen and oxygen atoms in total. The molecule has 0 unspecified atom stereocenters. The van der Waals surface area contributed by atoms with Gasteiger partial charge in [0.15, 0.2) is 0 Å². The minimum absolute atomic E-state index is 0.0534. The van der Waals surface area contributed by atoms with Gasteiger partial charge in [-0.25, -0.2) is 0 Å². The fourth-order valence-corrected chi connectivity index (χ4v) is 2.90. The molecule has 3 rings (SSSR count). The van der Waals surface area contributed by atoms with E-state index < -0.39 is 0 Å². The molecular weight excluding hydrogens is 296 g/mol. The molecule has 0 aliphatic rings. The Labute approximate surface area is 142 Å². The van der Waals surface area contributed by atoms with E-state index >= 15 is 0 Å². The number of pyridine rings is 1. The predicted molar refractivity (Wildman–Crippen MR) is 98.8 cm³/mol. The van der Waals surface area contributed by atoms with E-state index in [0.717, 1.165) is 47.0 Å². The Bertz CT molecular complexity index is 828. The largest absolute Gasteiger partial charge is 0.356 e. The average Bonchev–Trinajstić information content (AvgIpc) is 2.62. The molecule has 1 amide bonds. The molecule has 0 fully saturated rings. The number of unbranched alkanes of at least 4 members (excludes halogenated alkanes) is 1. The SMILES string of the molecule is CCCCNC(=O)Cc1cnc2ccccc2c1-c1ccccc1. The fourth-order valence-electron chi connectivity index (χ4n) is 2.90. The van der Waals surface area contributed by atoms with Gasteiger partial charge in [-0.1, -0.05) is 61.9 Å². The molecule has 0 saturated carbocycles. The lowest BCUT2D eigenvalue weighted by Crippen LogP contribution is -2.26. The van der Waals surface area contributed by atoms with Gasteiger partial charge in [0, 0.05) is 18.1 Å². The van der Waals surface area contributed by atoms with Gasteiger partial charge in [-0.05, 0) is 29.2 Å². The molecule has 1 aromatic heterocycles. The van der Waals surface area contributed by atoms with Crippen molar-refractivity contribution in [2.75, 3.05) is 6.54 Å². The Morgan fingerprint density at radius 2 is 1.79 bits per heavy atom. The molecule has 3 heteroatoms. The maximum absolute atomic E-state index is 12.3. The zero-order valence-corrected chi connectivity index (χ0v) is 14.0. The molecule has 0 radical (unpaired) electrons. The molecule has 24 heavy (non-hydrogen) atoms. The molecule has 122 valence electrons. The van der Waals surface area contributed by atoms with Crippen LogP contribution in [0.15, 0.2) is 60.8 Å². The van der Waals surface area contributed by atoms with Crippen molar-refractivity contribution in [1.29, 1.82) is 0 Å². The summed E-state index contributed by atoms with van der Waals surface area (Å²) in [4.78, 5) is 16.8. The number of aromatic nitrogens is 1. The van der Waals surface area contributed by atoms with Gasteiger partial charge in [0.2, 0.25) is 5.91 Å². The predicted octanol–water partition coefficient (Wildman–Crippen LogP) is 4.36. The van der Waals surface area contributed by atoms with Crippen LogP contribution in [0.5, 0.6) is 0 Å². The number of para-hydroxylation sites is 1. The summed E-state index contributed by atoms with van der Waals surface area (Å²) in [6, 6.07) is 18.3. The highest BCUT2D eigenvalue weighted by atomic mass is 16.1. The Balaban J connectivity index is 2.00. The third-order valence-corrected chi connectivity index (χ3v) is 4.12. The van der Waals surface area contributed by atoms with Crippen LogP contribution in [-0.4, -0.2) is 17.4 Å². The average molecular weight is 318 g/mol. The summed E-state index contributed by atoms with van der Waals surface area (Å²) in [7, 11) is 0. The van der Waals surface area contributed by atoms with Crippen LogP contribution in [0.25, 0.3) is 22.0 Å². The Kier molecular flexibility index (Phi) is 5.22. The standard InChI is InChI=1S/C21H22N2O/c1-2-3-13-22-20(24)14-17-15-23-19-12-8-7-11-18(19)21(17)16-9-5-4-6-10-16/h4-12,15H,2-3,13-14H2,1H3,(H,22,24). The fraction of sp³-hybridized carbons (Fsp3) is 0.238. The van der Waals surface area contributed by atoms with Gasteiger partial charge in [0.05, 0.1) is 11.9 Å². The lowest BCUT2D eigenvalue weighted by molar-refractivity contribution is -0.120. The van der Waals surface area contributed by atoms with Gasteiger partial charge in [0.25, 0.3) is 0 Å². The van der Waals surface area contributed by atoms with Crippen molar-refractivity contribution >= 4 is 16.8 Å². The van der Waals surface area contributed by atoms with E-state index in [0.29, 0.717) is 6.42 Å². The summed E-state index contributed by atoms with van der Waals surface area (Å²) < 4.78 is 0. The number of carbonyl (C=O) groups is 1. The molecule has 1 N–H and O–H groups in total. The minimum atomic E-state index is 0.0534. The summed E-state index contributed by atoms with van der Waals surface area (Å²) in [5, 5.41) is 4.08. The molecule has 0 aliphatic carbocycles. The highest BCUT2D eigenvalue weighted by molar-refractivity contribution is 5.97. The van der Waals surface area contributed by atoms with Crippen molar-refractivity contribution in [3.05, 3.63) is 66.4 Å². The second-order valence-electron chi connectivity index (χ2n) is 5.92. The van der Waals surface area contributed by atoms with Crippen LogP contribution >= 0.6 is 0 Å². The number of hydrogen-bond donors (Lipinski definition) is 1. The Morgan fingerprint density at radius 3 is 2.58 bits per heavy atom. The van der Waals surface area contributed by atoms with E-state index in [-0.39, 0.29) is 5.91 Å². The summed E-state index contributed by atoms with van der Waals surface area (Å²) in [5.74, 6) is 0.0534. The first-order valence-corrected chi connectivity index (χ1v) is 8.48. The summed E-state index contributed by atoms with van der Waals surface area (Å²) in [6.45, 7) is 2.85. The number of fused-ring (bicyclic) bond motifs is 1. The normalized spacial score (nSPS) is 10.7. The molecule has 1 heterocycles. The second kappa shape index (κ2) is 7.73. The van der Waals surface area contributed by atoms with E-state index in [1.54, 1.807) is 0 Å². The Morgan fingerprint density at radius 1 is 1.04 bits per heavy atom. The highest BCUT2D eigenvalue weighted by Gasteiger charge is 2.13. The summed E-state index contributed by atoms with van der Waals surface area (Å²) >= 11 is 0. The van der Waals surface area contributed by atoms with Crippen molar-refractivity contribution in [2.45, 2.75) is 26.2 Å². The van der Waals surface area contributed by atoms with E-state index in [4.69, 9.17) is 0 Å². The Hall–Kier alpha value is -2.68. The van der Waals surface area contributed by atoms with Gasteiger partial charge in [0.1, 0.15) is 0 Å². The van der Waals surface area contributed by atoms with Gasteiger partial charge in [-0.3, -0.25) is 9.78 Å². The number of nitrogens with zero attached hydrogens (tertiary/aromatic N) is 1. The van der Waals surface area contributed by atoms with Crippen molar-refractivity contribution in [2.24, 2.45) is 0 Å². The van der Waals surface area contributed by atoms with Crippen molar-refractivity contribution < 1.29 is 4.79 Å². The zero-order chi connectivity index (χ0) is 16.8. The highest BCUT2D eigenvalue weighted by Crippen LogP contribution is 2.31. The quantitative estimate of drug-likeness (QED) is 0.686. The molecule has 0 saturated heterocycles. The number of nitrogens with one attached hydrogen (secondary N) is 1. The van der Waals surface area contributed by atoms with E-state index in [2.05, 4.69) is 35.4 Å². The van der Waals surface area contributed by atoms with Crippen LogP contribution in [0.3, 0.4) is 0 Å². The van der Waals surface area contributed by atoms with Crippen LogP contribution < -0.4 is 5.32 Å². The molecular formula is C21H22N2O. The van der Waals surface area contributed by atoms with Crippen molar-refractivity contribution in [1.82, 2.24) is 10.3 Å². The van der Waals surface area contributed by atoms with Crippen molar-refractivity contribution in [3.63, 3.8) is 0 Å². The first kappa shape index (κ1) is 16.2. The first-order valence-electron chi connectivity index (χ1n) is 8.48. The van der Waals surface area contributed by atoms with Gasteiger partial charge < -0.3 is 5.32 Å². The van der Waals surface area contributed by atoms with Crippen LogP contribution in [0.2, 0.25) is 0 Å². The molecule has 3 aromatic rings. The van der Waals surface area contributed by atoms with E-state index in [1.165, 1.54) is 0 Å². The maximum Gasteiger partial charge on any atom is 0.224 e. The minimum Gasteiger partial charge on any atom is -0.356 e. The molecule has 0 spiro atoms. The van der Waals surface area contributed by atoms with Gasteiger partial charge in [-0.2, -0.15) is 0 Å². The van der Waals surface area contributed by atoms with Crippen LogP contribution in [0.1, 0.15) is 25.3 Å². The molecule has 0 aliphatic heterocycles. The molecule has 0 bridgehead atoms. The first-order chi connectivity index (χ1) is 11.8. The lowest BCUT2D eigenvalue weighted by atomic mass is 9.95. The monoisotopic (exact) mass is 318 g/mol. The van der Waals surface area contributed by atoms with Crippen molar-refractivity contribution in [3.8, 4) is 11.1 Å². The third kappa shape index (κ3) is 3.62. The van der Waals surface area contributed by atoms with E-state index in [1.807, 2.05) is 42.6 Å². The van der Waals surface area contributed by atoms with Gasteiger partial charge >= 0.3 is 0 Å². The number of hydrogen-bond acceptors (Lipinski definition) is 2. The molecule has 2 aromatic carbocycles. The topological polar surface area (TPSA) is 42.0 Å². The number of amides is 1. The maximum atomic E-state index is 12.3. The lowest BCUT2D eigenvalue weighted by Gasteiger charge is -2.13. The van der Waals surface area contributed by atoms with E-state index in [9.17, 15) is 4.79 Å². The molecule has 0 atom stereocenters. The number of carbonyl (C=O) groups excluding carboxylic acids is 1. The van der Waals surface area contributed by atoms with Gasteiger partial charge in [-0.15, -0.1) is 0 Å². The number of benzene rings is 2. The third-order valence-electron chi connectivity index (χ3n) is 4.12. The smallest absolute Gasteiger partial charge is 0.224 e. The summed E-state index contributed by atoms with van der Waals surface area (Å²) in [5.41, 5.74) is 4.14.